The van der Waals surface area contributed by atoms with E-state index in [1.165, 1.54) is 24.8 Å². The number of phenols is 2. The van der Waals surface area contributed by atoms with Crippen molar-refractivity contribution in [2.45, 2.75) is 25.8 Å². The average Bonchev–Trinajstić information content (AvgIpc) is 2.55. The highest BCUT2D eigenvalue weighted by Gasteiger charge is 2.22. The molecule has 0 aliphatic carbocycles. The highest BCUT2D eigenvalue weighted by molar-refractivity contribution is 6.01. The molecule has 0 aliphatic rings. The molecule has 0 unspecified atom stereocenters. The van der Waals surface area contributed by atoms with Crippen LogP contribution in [0.2, 0.25) is 0 Å². The van der Waals surface area contributed by atoms with Crippen molar-refractivity contribution in [2.24, 2.45) is 0 Å². The number of ether oxygens (including phenoxy) is 1. The van der Waals surface area contributed by atoms with E-state index in [0.29, 0.717) is 0 Å². The Hall–Kier alpha value is -2.24. The van der Waals surface area contributed by atoms with Crippen LogP contribution in [-0.2, 0) is 6.42 Å². The minimum atomic E-state index is -0.424. The molecule has 0 amide bonds. The number of phenolic OH excluding ortho intramolecular Hbond substituents is 2. The molecule has 2 rings (SSSR count). The second-order valence-corrected chi connectivity index (χ2v) is 6.34. The van der Waals surface area contributed by atoms with Crippen LogP contribution in [0.15, 0.2) is 42.5 Å². The van der Waals surface area contributed by atoms with E-state index < -0.39 is 5.75 Å². The second-order valence-electron chi connectivity index (χ2n) is 6.34. The molecule has 0 saturated heterocycles. The molecule has 0 saturated carbocycles. The number of carbonyl (C=O) groups is 1. The zero-order chi connectivity index (χ0) is 17.7. The number of carbonyl (C=O) groups excluding carboxylic acids is 1. The van der Waals surface area contributed by atoms with Crippen LogP contribution in [0.3, 0.4) is 0 Å². The highest BCUT2D eigenvalue weighted by atomic mass is 35.5. The fraction of sp³-hybridized carbons (Fsp3) is 0.316. The summed E-state index contributed by atoms with van der Waals surface area (Å²) in [5, 5.41) is 22.5. The maximum Gasteiger partial charge on any atom is 0.201 e. The lowest BCUT2D eigenvalue weighted by atomic mass is 9.94. The van der Waals surface area contributed by atoms with Crippen molar-refractivity contribution in [1.82, 2.24) is 5.32 Å². The van der Waals surface area contributed by atoms with Gasteiger partial charge in [-0.2, -0.15) is 0 Å². The number of hydrogen-bond acceptors (Lipinski definition) is 5. The number of halogens is 1. The summed E-state index contributed by atoms with van der Waals surface area (Å²) < 4.78 is 5.05. The van der Waals surface area contributed by atoms with Crippen molar-refractivity contribution in [3.8, 4) is 17.2 Å². The second kappa shape index (κ2) is 8.74. The summed E-state index contributed by atoms with van der Waals surface area (Å²) in [6, 6.07) is 12.8. The summed E-state index contributed by atoms with van der Waals surface area (Å²) in [5.74, 6) is -0.974. The van der Waals surface area contributed by atoms with Gasteiger partial charge in [-0.3, -0.25) is 4.79 Å². The minimum absolute atomic E-state index is 0. The van der Waals surface area contributed by atoms with Crippen molar-refractivity contribution < 1.29 is 19.7 Å². The molecule has 25 heavy (non-hydrogen) atoms. The topological polar surface area (TPSA) is 78.8 Å². The molecule has 0 heterocycles. The van der Waals surface area contributed by atoms with Gasteiger partial charge >= 0.3 is 0 Å². The van der Waals surface area contributed by atoms with Gasteiger partial charge in [-0.05, 0) is 38.0 Å². The molecule has 0 aromatic heterocycles. The summed E-state index contributed by atoms with van der Waals surface area (Å²) in [7, 11) is 1.35. The lowest BCUT2D eigenvalue weighted by Gasteiger charge is -2.26. The minimum Gasteiger partial charge on any atom is -0.504 e. The zero-order valence-electron chi connectivity index (χ0n) is 14.6. The molecule has 0 atom stereocenters. The lowest BCUT2D eigenvalue weighted by molar-refractivity contribution is 0.0976. The first-order valence-corrected chi connectivity index (χ1v) is 7.75. The number of aromatic hydroxyl groups is 2. The summed E-state index contributed by atoms with van der Waals surface area (Å²) in [6.45, 7) is 4.15. The summed E-state index contributed by atoms with van der Waals surface area (Å²) in [6.07, 6.45) is 0.777. The molecule has 6 heteroatoms. The standard InChI is InChI=1S/C19H23NO4.ClH/c1-19(2,11-13-7-5-4-6-8-13)20-12-16(22)14-9-10-15(21)17(23)18(14)24-3;/h4-10,20-21,23H,11-12H2,1-3H3;1H. The van der Waals surface area contributed by atoms with Crippen molar-refractivity contribution in [2.75, 3.05) is 13.7 Å². The Morgan fingerprint density at radius 3 is 2.36 bits per heavy atom. The van der Waals surface area contributed by atoms with Gasteiger partial charge in [0.05, 0.1) is 19.2 Å². The smallest absolute Gasteiger partial charge is 0.201 e. The number of Topliss-reactive ketones (excluding diaryl/α,β-unsaturated/α-hetero) is 1. The third-order valence-corrected chi connectivity index (χ3v) is 3.83. The molecule has 0 aliphatic heterocycles. The van der Waals surface area contributed by atoms with E-state index in [0.717, 1.165) is 6.42 Å². The van der Waals surface area contributed by atoms with E-state index in [1.807, 2.05) is 44.2 Å². The van der Waals surface area contributed by atoms with Crippen LogP contribution in [0.4, 0.5) is 0 Å². The monoisotopic (exact) mass is 365 g/mol. The predicted octanol–water partition coefficient (Wildman–Crippen LogP) is 3.32. The summed E-state index contributed by atoms with van der Waals surface area (Å²) >= 11 is 0. The van der Waals surface area contributed by atoms with Gasteiger partial charge in [0.2, 0.25) is 5.75 Å². The van der Waals surface area contributed by atoms with E-state index in [9.17, 15) is 15.0 Å². The van der Waals surface area contributed by atoms with Gasteiger partial charge in [0.25, 0.3) is 0 Å². The van der Waals surface area contributed by atoms with Crippen LogP contribution >= 0.6 is 12.4 Å². The molecule has 2 aromatic rings. The van der Waals surface area contributed by atoms with Crippen molar-refractivity contribution in [3.05, 3.63) is 53.6 Å². The van der Waals surface area contributed by atoms with E-state index in [-0.39, 0.29) is 47.3 Å². The number of ketones is 1. The highest BCUT2D eigenvalue weighted by Crippen LogP contribution is 2.38. The third kappa shape index (κ3) is 5.37. The number of rotatable bonds is 7. The van der Waals surface area contributed by atoms with Crippen LogP contribution in [0, 0.1) is 0 Å². The van der Waals surface area contributed by atoms with Crippen LogP contribution < -0.4 is 10.1 Å². The van der Waals surface area contributed by atoms with Crippen LogP contribution in [0.1, 0.15) is 29.8 Å². The van der Waals surface area contributed by atoms with E-state index >= 15 is 0 Å². The summed E-state index contributed by atoms with van der Waals surface area (Å²) in [4.78, 5) is 12.5. The molecule has 0 bridgehead atoms. The Bertz CT molecular complexity index is 717. The van der Waals surface area contributed by atoms with Crippen molar-refractivity contribution >= 4 is 18.2 Å². The number of benzene rings is 2. The fourth-order valence-corrected chi connectivity index (χ4v) is 2.57. The van der Waals surface area contributed by atoms with Gasteiger partial charge in [0.1, 0.15) is 0 Å². The lowest BCUT2D eigenvalue weighted by Crippen LogP contribution is -2.44. The van der Waals surface area contributed by atoms with Gasteiger partial charge in [-0.25, -0.2) is 0 Å². The van der Waals surface area contributed by atoms with Crippen LogP contribution in [-0.4, -0.2) is 35.2 Å². The number of hydrogen-bond donors (Lipinski definition) is 3. The van der Waals surface area contributed by atoms with Crippen molar-refractivity contribution in [1.29, 1.82) is 0 Å². The Morgan fingerprint density at radius 2 is 1.76 bits per heavy atom. The first-order valence-electron chi connectivity index (χ1n) is 7.75. The van der Waals surface area contributed by atoms with Gasteiger partial charge in [0, 0.05) is 5.54 Å². The average molecular weight is 366 g/mol. The van der Waals surface area contributed by atoms with Gasteiger partial charge < -0.3 is 20.3 Å². The number of methoxy groups -OCH3 is 1. The first kappa shape index (κ1) is 20.8. The molecular formula is C19H24ClNO4. The van der Waals surface area contributed by atoms with Gasteiger partial charge in [-0.1, -0.05) is 30.3 Å². The summed E-state index contributed by atoms with van der Waals surface area (Å²) in [5.41, 5.74) is 1.14. The Labute approximate surface area is 154 Å². The predicted molar refractivity (Wildman–Crippen MR) is 100 cm³/mol. The molecule has 5 nitrogen and oxygen atoms in total. The maximum atomic E-state index is 12.5. The van der Waals surface area contributed by atoms with Crippen LogP contribution in [0.5, 0.6) is 17.2 Å². The normalized spacial score (nSPS) is 10.8. The third-order valence-electron chi connectivity index (χ3n) is 3.83. The molecule has 0 fully saturated rings. The van der Waals surface area contributed by atoms with Gasteiger partial charge in [0.15, 0.2) is 17.3 Å². The first-order chi connectivity index (χ1) is 11.3. The SMILES string of the molecule is COc1c(C(=O)CNC(C)(C)Cc2ccccc2)ccc(O)c1O.Cl. The van der Waals surface area contributed by atoms with Gasteiger partial charge in [-0.15, -0.1) is 12.4 Å². The molecule has 3 N–H and O–H groups in total. The van der Waals surface area contributed by atoms with E-state index in [1.54, 1.807) is 0 Å². The van der Waals surface area contributed by atoms with Crippen LogP contribution in [0.25, 0.3) is 0 Å². The Balaban J connectivity index is 0.00000312. The zero-order valence-corrected chi connectivity index (χ0v) is 15.4. The van der Waals surface area contributed by atoms with E-state index in [2.05, 4.69) is 5.32 Å². The van der Waals surface area contributed by atoms with E-state index in [4.69, 9.17) is 4.74 Å². The molecule has 2 aromatic carbocycles. The Kier molecular flexibility index (Phi) is 7.27. The van der Waals surface area contributed by atoms with Crippen molar-refractivity contribution in [3.63, 3.8) is 0 Å². The quantitative estimate of drug-likeness (QED) is 0.518. The fourth-order valence-electron chi connectivity index (χ4n) is 2.57. The largest absolute Gasteiger partial charge is 0.504 e. The molecular weight excluding hydrogens is 342 g/mol. The Morgan fingerprint density at radius 1 is 1.12 bits per heavy atom. The molecule has 136 valence electrons. The molecule has 0 radical (unpaired) electrons. The number of nitrogens with one attached hydrogen (secondary N) is 1. The molecule has 0 spiro atoms. The maximum absolute atomic E-state index is 12.5.